The summed E-state index contributed by atoms with van der Waals surface area (Å²) in [6.45, 7) is 5.71. The summed E-state index contributed by atoms with van der Waals surface area (Å²) in [5, 5.41) is 9.30. The van der Waals surface area contributed by atoms with Gasteiger partial charge in [-0.15, -0.1) is 0 Å². The van der Waals surface area contributed by atoms with E-state index in [0.717, 1.165) is 25.1 Å². The Morgan fingerprint density at radius 3 is 2.81 bits per heavy atom. The fourth-order valence-electron chi connectivity index (χ4n) is 2.18. The van der Waals surface area contributed by atoms with Crippen molar-refractivity contribution in [2.75, 3.05) is 13.1 Å². The largest absolute Gasteiger partial charge is 0.508 e. The fourth-order valence-corrected chi connectivity index (χ4v) is 2.18. The van der Waals surface area contributed by atoms with Gasteiger partial charge in [-0.2, -0.15) is 0 Å². The molecule has 2 rings (SSSR count). The van der Waals surface area contributed by atoms with Crippen LogP contribution in [0.1, 0.15) is 29.3 Å². The van der Waals surface area contributed by atoms with Crippen molar-refractivity contribution in [3.05, 3.63) is 29.3 Å². The van der Waals surface area contributed by atoms with E-state index in [4.69, 9.17) is 0 Å². The number of benzene rings is 1. The number of rotatable bonds is 1. The smallest absolute Gasteiger partial charge is 0.254 e. The lowest BCUT2D eigenvalue weighted by molar-refractivity contribution is 0.0787. The van der Waals surface area contributed by atoms with Gasteiger partial charge in [0.05, 0.1) is 0 Å². The summed E-state index contributed by atoms with van der Waals surface area (Å²) in [6, 6.07) is 4.91. The maximum Gasteiger partial charge on any atom is 0.254 e. The Balaban J connectivity index is 2.21. The Morgan fingerprint density at radius 2 is 2.25 bits per heavy atom. The minimum Gasteiger partial charge on any atom is -0.508 e. The van der Waals surface area contributed by atoms with Crippen molar-refractivity contribution < 1.29 is 9.90 Å². The number of hydrogen-bond donors (Lipinski definition) is 1. The molecule has 1 aromatic carbocycles. The van der Waals surface area contributed by atoms with E-state index in [0.29, 0.717) is 11.5 Å². The molecule has 0 bridgehead atoms. The molecule has 0 radical (unpaired) electrons. The molecule has 1 amide bonds. The number of nitrogens with zero attached hydrogens (tertiary/aromatic N) is 1. The van der Waals surface area contributed by atoms with Crippen molar-refractivity contribution in [2.24, 2.45) is 5.92 Å². The molecule has 86 valence electrons. The van der Waals surface area contributed by atoms with Gasteiger partial charge in [0.1, 0.15) is 5.75 Å². The first-order valence-electron chi connectivity index (χ1n) is 5.67. The van der Waals surface area contributed by atoms with Gasteiger partial charge in [-0.25, -0.2) is 0 Å². The topological polar surface area (TPSA) is 40.5 Å². The van der Waals surface area contributed by atoms with Crippen molar-refractivity contribution in [1.82, 2.24) is 4.90 Å². The molecule has 3 nitrogen and oxygen atoms in total. The zero-order valence-electron chi connectivity index (χ0n) is 9.73. The molecule has 0 aromatic heterocycles. The number of likely N-dealkylation sites (tertiary alicyclic amines) is 1. The third kappa shape index (κ3) is 2.03. The summed E-state index contributed by atoms with van der Waals surface area (Å²) >= 11 is 0. The van der Waals surface area contributed by atoms with Crippen molar-refractivity contribution in [1.29, 1.82) is 0 Å². The van der Waals surface area contributed by atoms with E-state index >= 15 is 0 Å². The number of carbonyl (C=O) groups excluding carboxylic acids is 1. The van der Waals surface area contributed by atoms with Crippen molar-refractivity contribution in [3.63, 3.8) is 0 Å². The van der Waals surface area contributed by atoms with Crippen LogP contribution in [0.3, 0.4) is 0 Å². The first-order chi connectivity index (χ1) is 7.58. The molecule has 1 aliphatic rings. The van der Waals surface area contributed by atoms with E-state index in [-0.39, 0.29) is 11.7 Å². The van der Waals surface area contributed by atoms with E-state index in [9.17, 15) is 9.90 Å². The SMILES string of the molecule is Cc1cc(O)ccc1C(=O)N1CCC(C)C1. The van der Waals surface area contributed by atoms with Gasteiger partial charge in [-0.3, -0.25) is 4.79 Å². The third-order valence-electron chi connectivity index (χ3n) is 3.15. The number of hydrogen-bond acceptors (Lipinski definition) is 2. The molecule has 1 atom stereocenters. The van der Waals surface area contributed by atoms with Gasteiger partial charge in [0.15, 0.2) is 0 Å². The lowest BCUT2D eigenvalue weighted by Crippen LogP contribution is -2.28. The molecular weight excluding hydrogens is 202 g/mol. The molecule has 0 saturated carbocycles. The van der Waals surface area contributed by atoms with Crippen LogP contribution in [0.4, 0.5) is 0 Å². The quantitative estimate of drug-likeness (QED) is 0.786. The molecule has 0 aliphatic carbocycles. The van der Waals surface area contributed by atoms with Gasteiger partial charge >= 0.3 is 0 Å². The zero-order valence-corrected chi connectivity index (χ0v) is 9.73. The van der Waals surface area contributed by atoms with Crippen LogP contribution in [0.15, 0.2) is 18.2 Å². The lowest BCUT2D eigenvalue weighted by Gasteiger charge is -2.17. The number of aryl methyl sites for hydroxylation is 1. The Bertz CT molecular complexity index is 414. The second-order valence-corrected chi connectivity index (χ2v) is 4.64. The number of amides is 1. The molecule has 1 fully saturated rings. The van der Waals surface area contributed by atoms with Crippen molar-refractivity contribution >= 4 is 5.91 Å². The first kappa shape index (κ1) is 11.0. The molecule has 1 N–H and O–H groups in total. The summed E-state index contributed by atoms with van der Waals surface area (Å²) in [5.74, 6) is 0.895. The van der Waals surface area contributed by atoms with Crippen LogP contribution in [-0.2, 0) is 0 Å². The highest BCUT2D eigenvalue weighted by Crippen LogP contribution is 2.21. The summed E-state index contributed by atoms with van der Waals surface area (Å²) in [5.41, 5.74) is 1.54. The van der Waals surface area contributed by atoms with Crippen LogP contribution in [-0.4, -0.2) is 29.0 Å². The van der Waals surface area contributed by atoms with E-state index in [1.165, 1.54) is 0 Å². The van der Waals surface area contributed by atoms with E-state index in [1.807, 2.05) is 11.8 Å². The van der Waals surface area contributed by atoms with Crippen LogP contribution < -0.4 is 0 Å². The summed E-state index contributed by atoms with van der Waals surface area (Å²) in [6.07, 6.45) is 1.09. The van der Waals surface area contributed by atoms with Crippen LogP contribution in [0, 0.1) is 12.8 Å². The Kier molecular flexibility index (Phi) is 2.86. The predicted molar refractivity (Wildman–Crippen MR) is 62.5 cm³/mol. The van der Waals surface area contributed by atoms with Gasteiger partial charge in [0, 0.05) is 18.7 Å². The highest BCUT2D eigenvalue weighted by molar-refractivity contribution is 5.96. The molecule has 1 saturated heterocycles. The predicted octanol–water partition coefficient (Wildman–Crippen LogP) is 2.18. The Labute approximate surface area is 95.7 Å². The molecule has 16 heavy (non-hydrogen) atoms. The Morgan fingerprint density at radius 1 is 1.50 bits per heavy atom. The second-order valence-electron chi connectivity index (χ2n) is 4.64. The zero-order chi connectivity index (χ0) is 11.7. The normalized spacial score (nSPS) is 20.1. The minimum absolute atomic E-state index is 0.0850. The number of aromatic hydroxyl groups is 1. The molecule has 1 aromatic rings. The average molecular weight is 219 g/mol. The number of phenolic OH excluding ortho intramolecular Hbond substituents is 1. The van der Waals surface area contributed by atoms with Crippen LogP contribution in [0.2, 0.25) is 0 Å². The van der Waals surface area contributed by atoms with Gasteiger partial charge in [-0.1, -0.05) is 6.92 Å². The summed E-state index contributed by atoms with van der Waals surface area (Å²) < 4.78 is 0. The van der Waals surface area contributed by atoms with Crippen LogP contribution in [0.5, 0.6) is 5.75 Å². The lowest BCUT2D eigenvalue weighted by atomic mass is 10.1. The van der Waals surface area contributed by atoms with E-state index in [1.54, 1.807) is 18.2 Å². The van der Waals surface area contributed by atoms with E-state index in [2.05, 4.69) is 6.92 Å². The summed E-state index contributed by atoms with van der Waals surface area (Å²) in [4.78, 5) is 14.1. The van der Waals surface area contributed by atoms with Crippen LogP contribution in [0.25, 0.3) is 0 Å². The number of phenols is 1. The van der Waals surface area contributed by atoms with Crippen LogP contribution >= 0.6 is 0 Å². The van der Waals surface area contributed by atoms with Gasteiger partial charge in [-0.05, 0) is 43.0 Å². The maximum absolute atomic E-state index is 12.2. The summed E-state index contributed by atoms with van der Waals surface area (Å²) in [7, 11) is 0. The molecule has 0 spiro atoms. The van der Waals surface area contributed by atoms with Crippen molar-refractivity contribution in [2.45, 2.75) is 20.3 Å². The molecule has 1 heterocycles. The maximum atomic E-state index is 12.2. The fraction of sp³-hybridized carbons (Fsp3) is 0.462. The van der Waals surface area contributed by atoms with Crippen molar-refractivity contribution in [3.8, 4) is 5.75 Å². The molecular formula is C13H17NO2. The number of carbonyl (C=O) groups is 1. The average Bonchev–Trinajstić information content (AvgIpc) is 2.64. The monoisotopic (exact) mass is 219 g/mol. The standard InChI is InChI=1S/C13H17NO2/c1-9-5-6-14(8-9)13(16)12-4-3-11(15)7-10(12)2/h3-4,7,9,15H,5-6,8H2,1-2H3. The Hall–Kier alpha value is -1.51. The second kappa shape index (κ2) is 4.16. The molecule has 1 unspecified atom stereocenters. The van der Waals surface area contributed by atoms with Gasteiger partial charge in [0.25, 0.3) is 5.91 Å². The highest BCUT2D eigenvalue weighted by atomic mass is 16.3. The van der Waals surface area contributed by atoms with Gasteiger partial charge < -0.3 is 10.0 Å². The van der Waals surface area contributed by atoms with Gasteiger partial charge in [0.2, 0.25) is 0 Å². The molecule has 3 heteroatoms. The molecule has 1 aliphatic heterocycles. The third-order valence-corrected chi connectivity index (χ3v) is 3.15. The minimum atomic E-state index is 0.0850. The van der Waals surface area contributed by atoms with E-state index < -0.39 is 0 Å². The first-order valence-corrected chi connectivity index (χ1v) is 5.67. The highest BCUT2D eigenvalue weighted by Gasteiger charge is 2.24.